The third-order valence-electron chi connectivity index (χ3n) is 5.81. The summed E-state index contributed by atoms with van der Waals surface area (Å²) < 4.78 is 5.33. The first-order valence-corrected chi connectivity index (χ1v) is 9.54. The third kappa shape index (κ3) is 3.69. The normalized spacial score (nSPS) is 20.0. The number of rotatable bonds is 4. The molecule has 4 rings (SSSR count). The topological polar surface area (TPSA) is 38.2 Å². The van der Waals surface area contributed by atoms with Gasteiger partial charge in [-0.1, -0.05) is 25.0 Å². The lowest BCUT2D eigenvalue weighted by molar-refractivity contribution is 0.153. The highest BCUT2D eigenvalue weighted by Crippen LogP contribution is 2.32. The summed E-state index contributed by atoms with van der Waals surface area (Å²) >= 11 is 0. The maximum atomic E-state index is 5.33. The molecule has 0 bridgehead atoms. The average Bonchev–Trinajstić information content (AvgIpc) is 3.23. The Morgan fingerprint density at radius 1 is 1.04 bits per heavy atom. The zero-order valence-electron chi connectivity index (χ0n) is 15.0. The third-order valence-corrected chi connectivity index (χ3v) is 5.81. The minimum Gasteiger partial charge on any atom is -0.497 e. The molecule has 132 valence electrons. The van der Waals surface area contributed by atoms with E-state index in [-0.39, 0.29) is 0 Å². The number of hydrogen-bond acceptors (Lipinski definition) is 4. The van der Waals surface area contributed by atoms with Crippen molar-refractivity contribution >= 4 is 0 Å². The fourth-order valence-corrected chi connectivity index (χ4v) is 4.33. The summed E-state index contributed by atoms with van der Waals surface area (Å²) in [5, 5.41) is 0. The number of likely N-dealkylation sites (tertiary alicyclic amines) is 1. The van der Waals surface area contributed by atoms with Crippen LogP contribution in [0.3, 0.4) is 0 Å². The lowest BCUT2D eigenvalue weighted by Gasteiger charge is -2.35. The highest BCUT2D eigenvalue weighted by molar-refractivity contribution is 5.60. The molecule has 0 radical (unpaired) electrons. The summed E-state index contributed by atoms with van der Waals surface area (Å²) in [6, 6.07) is 8.90. The summed E-state index contributed by atoms with van der Waals surface area (Å²) in [6.07, 6.45) is 11.8. The number of ether oxygens (including phenoxy) is 1. The quantitative estimate of drug-likeness (QED) is 0.835. The molecular weight excluding hydrogens is 310 g/mol. The molecule has 2 aromatic rings. The number of piperidine rings is 1. The molecular formula is C21H27N3O. The van der Waals surface area contributed by atoms with Crippen LogP contribution < -0.4 is 4.74 Å². The van der Waals surface area contributed by atoms with Crippen molar-refractivity contribution in [3.05, 3.63) is 42.4 Å². The van der Waals surface area contributed by atoms with Gasteiger partial charge in [-0.2, -0.15) is 0 Å². The summed E-state index contributed by atoms with van der Waals surface area (Å²) in [5.74, 6) is 1.39. The van der Waals surface area contributed by atoms with E-state index in [0.29, 0.717) is 5.92 Å². The van der Waals surface area contributed by atoms with Crippen LogP contribution in [-0.4, -0.2) is 41.1 Å². The van der Waals surface area contributed by atoms with E-state index in [1.54, 1.807) is 7.11 Å². The van der Waals surface area contributed by atoms with Crippen LogP contribution in [0, 0.1) is 0 Å². The molecule has 4 nitrogen and oxygen atoms in total. The molecule has 4 heteroatoms. The smallest absolute Gasteiger partial charge is 0.119 e. The molecule has 0 atom stereocenters. The standard InChI is InChI=1S/C21H27N3O/c1-25-19-8-4-5-17(13-19)21-15-22-14-20(23-21)16-9-11-24(12-10-16)18-6-2-3-7-18/h4-5,8,13-16,18H,2-3,6-7,9-12H2,1H3. The first-order chi connectivity index (χ1) is 12.3. The Balaban J connectivity index is 1.46. The Kier molecular flexibility index (Phi) is 4.97. The minimum atomic E-state index is 0.538. The van der Waals surface area contributed by atoms with Gasteiger partial charge in [0, 0.05) is 23.7 Å². The van der Waals surface area contributed by atoms with Gasteiger partial charge in [0.25, 0.3) is 0 Å². The van der Waals surface area contributed by atoms with E-state index < -0.39 is 0 Å². The van der Waals surface area contributed by atoms with Crippen molar-refractivity contribution in [2.75, 3.05) is 20.2 Å². The predicted molar refractivity (Wildman–Crippen MR) is 99.8 cm³/mol. The molecule has 1 saturated heterocycles. The average molecular weight is 337 g/mol. The second kappa shape index (κ2) is 7.52. The maximum Gasteiger partial charge on any atom is 0.119 e. The van der Waals surface area contributed by atoms with Gasteiger partial charge in [-0.05, 0) is 50.9 Å². The summed E-state index contributed by atoms with van der Waals surface area (Å²) in [6.45, 7) is 2.42. The van der Waals surface area contributed by atoms with E-state index in [1.165, 1.54) is 51.6 Å². The fourth-order valence-electron chi connectivity index (χ4n) is 4.33. The molecule has 0 amide bonds. The van der Waals surface area contributed by atoms with Gasteiger partial charge in [0.1, 0.15) is 5.75 Å². The van der Waals surface area contributed by atoms with E-state index in [9.17, 15) is 0 Å². The van der Waals surface area contributed by atoms with Gasteiger partial charge in [0.05, 0.1) is 24.7 Å². The van der Waals surface area contributed by atoms with Crippen molar-refractivity contribution < 1.29 is 4.74 Å². The number of nitrogens with zero attached hydrogens (tertiary/aromatic N) is 3. The van der Waals surface area contributed by atoms with Crippen LogP contribution in [0.5, 0.6) is 5.75 Å². The highest BCUT2D eigenvalue weighted by atomic mass is 16.5. The maximum absolute atomic E-state index is 5.33. The van der Waals surface area contributed by atoms with Gasteiger partial charge in [-0.15, -0.1) is 0 Å². The molecule has 0 spiro atoms. The molecule has 1 aromatic heterocycles. The Hall–Kier alpha value is -1.94. The van der Waals surface area contributed by atoms with E-state index >= 15 is 0 Å². The molecule has 1 aliphatic heterocycles. The van der Waals surface area contributed by atoms with Crippen molar-refractivity contribution in [3.8, 4) is 17.0 Å². The van der Waals surface area contributed by atoms with E-state index in [0.717, 1.165) is 28.7 Å². The molecule has 2 fully saturated rings. The number of hydrogen-bond donors (Lipinski definition) is 0. The molecule has 25 heavy (non-hydrogen) atoms. The van der Waals surface area contributed by atoms with Crippen LogP contribution in [-0.2, 0) is 0 Å². The van der Waals surface area contributed by atoms with Crippen LogP contribution in [0.2, 0.25) is 0 Å². The van der Waals surface area contributed by atoms with Gasteiger partial charge < -0.3 is 9.64 Å². The van der Waals surface area contributed by atoms with Gasteiger partial charge in [0.15, 0.2) is 0 Å². The van der Waals surface area contributed by atoms with Gasteiger partial charge in [-0.25, -0.2) is 4.98 Å². The van der Waals surface area contributed by atoms with Crippen molar-refractivity contribution in [3.63, 3.8) is 0 Å². The second-order valence-corrected chi connectivity index (χ2v) is 7.31. The Morgan fingerprint density at radius 3 is 2.60 bits per heavy atom. The van der Waals surface area contributed by atoms with E-state index in [2.05, 4.69) is 16.0 Å². The van der Waals surface area contributed by atoms with Crippen molar-refractivity contribution in [2.24, 2.45) is 0 Å². The van der Waals surface area contributed by atoms with Crippen molar-refractivity contribution in [2.45, 2.75) is 50.5 Å². The SMILES string of the molecule is COc1cccc(-c2cncc(C3CCN(C4CCCC4)CC3)n2)c1. The van der Waals surface area contributed by atoms with Gasteiger partial charge in [-0.3, -0.25) is 4.98 Å². The molecule has 0 unspecified atom stereocenters. The van der Waals surface area contributed by atoms with Crippen LogP contribution >= 0.6 is 0 Å². The first-order valence-electron chi connectivity index (χ1n) is 9.54. The summed E-state index contributed by atoms with van der Waals surface area (Å²) in [7, 11) is 1.69. The van der Waals surface area contributed by atoms with Crippen LogP contribution in [0.1, 0.15) is 50.1 Å². The highest BCUT2D eigenvalue weighted by Gasteiger charge is 2.28. The number of benzene rings is 1. The lowest BCUT2D eigenvalue weighted by Crippen LogP contribution is -2.39. The molecule has 1 aliphatic carbocycles. The van der Waals surface area contributed by atoms with Gasteiger partial charge >= 0.3 is 0 Å². The molecule has 2 aliphatic rings. The summed E-state index contributed by atoms with van der Waals surface area (Å²) in [4.78, 5) is 12.1. The summed E-state index contributed by atoms with van der Waals surface area (Å²) in [5.41, 5.74) is 3.15. The van der Waals surface area contributed by atoms with E-state index in [4.69, 9.17) is 9.72 Å². The second-order valence-electron chi connectivity index (χ2n) is 7.31. The zero-order chi connectivity index (χ0) is 17.1. The predicted octanol–water partition coefficient (Wildman–Crippen LogP) is 4.27. The lowest BCUT2D eigenvalue weighted by atomic mass is 9.92. The Morgan fingerprint density at radius 2 is 1.84 bits per heavy atom. The Bertz CT molecular complexity index is 704. The molecule has 1 saturated carbocycles. The van der Waals surface area contributed by atoms with Crippen LogP contribution in [0.15, 0.2) is 36.7 Å². The largest absolute Gasteiger partial charge is 0.497 e. The number of aromatic nitrogens is 2. The fraction of sp³-hybridized carbons (Fsp3) is 0.524. The van der Waals surface area contributed by atoms with E-state index in [1.807, 2.05) is 30.6 Å². The first kappa shape index (κ1) is 16.5. The molecule has 2 heterocycles. The van der Waals surface area contributed by atoms with Crippen molar-refractivity contribution in [1.29, 1.82) is 0 Å². The molecule has 0 N–H and O–H groups in total. The van der Waals surface area contributed by atoms with Crippen LogP contribution in [0.25, 0.3) is 11.3 Å². The zero-order valence-corrected chi connectivity index (χ0v) is 15.0. The van der Waals surface area contributed by atoms with Crippen molar-refractivity contribution in [1.82, 2.24) is 14.9 Å². The monoisotopic (exact) mass is 337 g/mol. The Labute approximate surface area is 150 Å². The van der Waals surface area contributed by atoms with Crippen LogP contribution in [0.4, 0.5) is 0 Å². The number of methoxy groups -OCH3 is 1. The molecule has 1 aromatic carbocycles. The minimum absolute atomic E-state index is 0.538. The van der Waals surface area contributed by atoms with Gasteiger partial charge in [0.2, 0.25) is 0 Å².